The minimum Gasteiger partial charge on any atom is -0.472 e. The molecule has 3 rings (SSSR count). The summed E-state index contributed by atoms with van der Waals surface area (Å²) in [5.41, 5.74) is 8.10. The Morgan fingerprint density at radius 3 is 2.73 bits per heavy atom. The maximum Gasteiger partial charge on any atom is 0.295 e. The fourth-order valence-electron chi connectivity index (χ4n) is 2.33. The number of aryl methyl sites for hydroxylation is 1. The van der Waals surface area contributed by atoms with Gasteiger partial charge in [0.15, 0.2) is 0 Å². The van der Waals surface area contributed by atoms with Crippen molar-refractivity contribution in [3.05, 3.63) is 53.3 Å². The highest BCUT2D eigenvalue weighted by Gasteiger charge is 2.17. The molecule has 2 aromatic heterocycles. The molecule has 0 aliphatic heterocycles. The van der Waals surface area contributed by atoms with Gasteiger partial charge in [-0.15, -0.1) is 5.10 Å². The lowest BCUT2D eigenvalue weighted by Crippen LogP contribution is -2.14. The van der Waals surface area contributed by atoms with E-state index < -0.39 is 11.8 Å². The van der Waals surface area contributed by atoms with Crippen molar-refractivity contribution in [1.29, 1.82) is 0 Å². The molecule has 132 valence electrons. The second-order valence-electron chi connectivity index (χ2n) is 5.35. The van der Waals surface area contributed by atoms with Crippen molar-refractivity contribution < 1.29 is 14.3 Å². The largest absolute Gasteiger partial charge is 0.472 e. The zero-order valence-electron chi connectivity index (χ0n) is 14.0. The van der Waals surface area contributed by atoms with Gasteiger partial charge in [-0.05, 0) is 47.6 Å². The van der Waals surface area contributed by atoms with E-state index >= 15 is 0 Å². The number of rotatable bonds is 5. The molecule has 2 heterocycles. The number of amides is 2. The Balaban J connectivity index is 1.99. The molecule has 0 spiro atoms. The zero-order valence-corrected chi connectivity index (χ0v) is 14.8. The van der Waals surface area contributed by atoms with Gasteiger partial charge in [0.05, 0.1) is 12.7 Å². The molecule has 0 saturated carbocycles. The number of aromatic nitrogens is 3. The number of primary amides is 1. The first-order valence-corrected chi connectivity index (χ1v) is 8.35. The third-order valence-corrected chi connectivity index (χ3v) is 4.34. The topological polar surface area (TPSA) is 120 Å². The summed E-state index contributed by atoms with van der Waals surface area (Å²) in [5, 5.41) is 10.9. The summed E-state index contributed by atoms with van der Waals surface area (Å²) in [6, 6.07) is 8.54. The molecule has 26 heavy (non-hydrogen) atoms. The van der Waals surface area contributed by atoms with Gasteiger partial charge in [0.2, 0.25) is 11.0 Å². The van der Waals surface area contributed by atoms with Gasteiger partial charge in [0, 0.05) is 17.5 Å². The summed E-state index contributed by atoms with van der Waals surface area (Å²) >= 11 is 1.11. The summed E-state index contributed by atoms with van der Waals surface area (Å²) in [6.07, 6.45) is 1.48. The van der Waals surface area contributed by atoms with Crippen molar-refractivity contribution in [3.8, 4) is 16.3 Å². The summed E-state index contributed by atoms with van der Waals surface area (Å²) in [5.74, 6) is -0.930. The molecule has 0 aliphatic rings. The number of nitrogens with two attached hydrogens (primary N) is 1. The van der Waals surface area contributed by atoms with Crippen LogP contribution in [0.5, 0.6) is 5.19 Å². The lowest BCUT2D eigenvalue weighted by atomic mass is 9.98. The highest BCUT2D eigenvalue weighted by atomic mass is 32.1. The first-order valence-electron chi connectivity index (χ1n) is 7.53. The van der Waals surface area contributed by atoms with Gasteiger partial charge in [0.1, 0.15) is 0 Å². The maximum absolute atomic E-state index is 12.7. The highest BCUT2D eigenvalue weighted by Crippen LogP contribution is 2.27. The van der Waals surface area contributed by atoms with Crippen LogP contribution in [0.25, 0.3) is 11.1 Å². The number of nitrogens with one attached hydrogen (secondary N) is 1. The van der Waals surface area contributed by atoms with Crippen molar-refractivity contribution >= 4 is 28.3 Å². The van der Waals surface area contributed by atoms with E-state index in [1.165, 1.54) is 13.3 Å². The van der Waals surface area contributed by atoms with Crippen LogP contribution < -0.4 is 15.8 Å². The van der Waals surface area contributed by atoms with Crippen molar-refractivity contribution in [2.75, 3.05) is 12.4 Å². The van der Waals surface area contributed by atoms with Gasteiger partial charge in [-0.1, -0.05) is 17.2 Å². The molecule has 0 bridgehead atoms. The molecule has 2 amide bonds. The third kappa shape index (κ3) is 3.67. The van der Waals surface area contributed by atoms with Crippen LogP contribution in [0.2, 0.25) is 0 Å². The smallest absolute Gasteiger partial charge is 0.295 e. The predicted octanol–water partition coefficient (Wildman–Crippen LogP) is 2.27. The number of nitrogens with zero attached hydrogens (tertiary/aromatic N) is 3. The quantitative estimate of drug-likeness (QED) is 0.712. The molecule has 0 aliphatic carbocycles. The molecule has 0 radical (unpaired) electrons. The minimum absolute atomic E-state index is 0.310. The number of carbonyl (C=O) groups is 2. The minimum atomic E-state index is -0.537. The van der Waals surface area contributed by atoms with Crippen LogP contribution in [-0.2, 0) is 0 Å². The number of benzene rings is 1. The van der Waals surface area contributed by atoms with E-state index in [0.29, 0.717) is 32.6 Å². The standard InChI is InChI=1S/C17H15N5O3S/c1-9-6-12(10-4-3-5-11(7-10)14(18)23)13(8-19-9)15(24)20-16-21-22-17(25-2)26-16/h3-8H,1-2H3,(H2,18,23)(H,20,21,24). The molecule has 0 unspecified atom stereocenters. The molecule has 8 nitrogen and oxygen atoms in total. The number of ether oxygens (including phenoxy) is 1. The van der Waals surface area contributed by atoms with Crippen molar-refractivity contribution in [2.45, 2.75) is 6.92 Å². The normalized spacial score (nSPS) is 10.4. The van der Waals surface area contributed by atoms with Crippen LogP contribution >= 0.6 is 11.3 Å². The second-order valence-corrected chi connectivity index (χ2v) is 6.29. The van der Waals surface area contributed by atoms with Gasteiger partial charge in [-0.3, -0.25) is 19.9 Å². The molecular formula is C17H15N5O3S. The number of hydrogen-bond acceptors (Lipinski definition) is 7. The SMILES string of the molecule is COc1nnc(NC(=O)c2cnc(C)cc2-c2cccc(C(N)=O)c2)s1. The lowest BCUT2D eigenvalue weighted by molar-refractivity contribution is 0.0998. The third-order valence-electron chi connectivity index (χ3n) is 3.54. The van der Waals surface area contributed by atoms with Crippen LogP contribution in [0, 0.1) is 6.92 Å². The van der Waals surface area contributed by atoms with E-state index in [1.54, 1.807) is 30.3 Å². The molecule has 3 aromatic rings. The van der Waals surface area contributed by atoms with E-state index in [4.69, 9.17) is 10.5 Å². The van der Waals surface area contributed by atoms with Crippen LogP contribution in [0.3, 0.4) is 0 Å². The van der Waals surface area contributed by atoms with Crippen LogP contribution in [0.4, 0.5) is 5.13 Å². The van der Waals surface area contributed by atoms with E-state index in [9.17, 15) is 9.59 Å². The van der Waals surface area contributed by atoms with E-state index in [0.717, 1.165) is 17.0 Å². The Morgan fingerprint density at radius 1 is 1.23 bits per heavy atom. The Kier molecular flexibility index (Phi) is 4.90. The van der Waals surface area contributed by atoms with Crippen LogP contribution in [-0.4, -0.2) is 34.1 Å². The molecule has 0 saturated heterocycles. The Labute approximate surface area is 153 Å². The lowest BCUT2D eigenvalue weighted by Gasteiger charge is -2.10. The van der Waals surface area contributed by atoms with Crippen molar-refractivity contribution in [3.63, 3.8) is 0 Å². The first kappa shape index (κ1) is 17.5. The van der Waals surface area contributed by atoms with Crippen LogP contribution in [0.1, 0.15) is 26.4 Å². The maximum atomic E-state index is 12.7. The fourth-order valence-corrected chi connectivity index (χ4v) is 2.88. The zero-order chi connectivity index (χ0) is 18.7. The van der Waals surface area contributed by atoms with E-state index in [-0.39, 0.29) is 0 Å². The molecule has 1 aromatic carbocycles. The van der Waals surface area contributed by atoms with Crippen molar-refractivity contribution in [1.82, 2.24) is 15.2 Å². The van der Waals surface area contributed by atoms with Gasteiger partial charge in [-0.25, -0.2) is 0 Å². The first-order chi connectivity index (χ1) is 12.5. The average Bonchev–Trinajstić information content (AvgIpc) is 3.09. The van der Waals surface area contributed by atoms with Gasteiger partial charge < -0.3 is 10.5 Å². The Bertz CT molecular complexity index is 986. The average molecular weight is 369 g/mol. The summed E-state index contributed by atoms with van der Waals surface area (Å²) in [7, 11) is 1.47. The van der Waals surface area contributed by atoms with E-state index in [1.807, 2.05) is 6.92 Å². The number of hydrogen-bond donors (Lipinski definition) is 2. The number of anilines is 1. The van der Waals surface area contributed by atoms with Gasteiger partial charge in [-0.2, -0.15) is 0 Å². The molecule has 9 heteroatoms. The van der Waals surface area contributed by atoms with Crippen LogP contribution in [0.15, 0.2) is 36.5 Å². The van der Waals surface area contributed by atoms with E-state index in [2.05, 4.69) is 20.5 Å². The molecule has 0 fully saturated rings. The van der Waals surface area contributed by atoms with Gasteiger partial charge >= 0.3 is 0 Å². The highest BCUT2D eigenvalue weighted by molar-refractivity contribution is 7.17. The Morgan fingerprint density at radius 2 is 2.04 bits per heavy atom. The number of methoxy groups -OCH3 is 1. The molecular weight excluding hydrogens is 354 g/mol. The predicted molar refractivity (Wildman–Crippen MR) is 97.3 cm³/mol. The number of carbonyl (C=O) groups excluding carboxylic acids is 2. The molecule has 0 atom stereocenters. The monoisotopic (exact) mass is 369 g/mol. The second kappa shape index (κ2) is 7.28. The Hall–Kier alpha value is -3.33. The molecule has 3 N–H and O–H groups in total. The number of pyridine rings is 1. The summed E-state index contributed by atoms with van der Waals surface area (Å²) in [4.78, 5) is 28.3. The summed E-state index contributed by atoms with van der Waals surface area (Å²) in [6.45, 7) is 1.82. The summed E-state index contributed by atoms with van der Waals surface area (Å²) < 4.78 is 4.96. The van der Waals surface area contributed by atoms with Crippen molar-refractivity contribution in [2.24, 2.45) is 5.73 Å². The fraction of sp³-hybridized carbons (Fsp3) is 0.118. The van der Waals surface area contributed by atoms with Gasteiger partial charge in [0.25, 0.3) is 11.1 Å².